The number of methoxy groups -OCH3 is 1. The summed E-state index contributed by atoms with van der Waals surface area (Å²) in [7, 11) is -2.47. The molecule has 6 nitrogen and oxygen atoms in total. The summed E-state index contributed by atoms with van der Waals surface area (Å²) >= 11 is 5.94. The predicted molar refractivity (Wildman–Crippen MR) is 79.7 cm³/mol. The molecule has 2 atom stereocenters. The van der Waals surface area contributed by atoms with Crippen molar-refractivity contribution in [2.75, 3.05) is 11.8 Å². The summed E-state index contributed by atoms with van der Waals surface area (Å²) in [6.07, 6.45) is 3.11. The van der Waals surface area contributed by atoms with Gasteiger partial charge in [-0.05, 0) is 31.4 Å². The largest absolute Gasteiger partial charge is 0.469 e. The van der Waals surface area contributed by atoms with Crippen molar-refractivity contribution in [3.05, 3.63) is 23.0 Å². The first kappa shape index (κ1) is 16.0. The summed E-state index contributed by atoms with van der Waals surface area (Å²) in [4.78, 5) is 15.6. The lowest BCUT2D eigenvalue weighted by Crippen LogP contribution is -2.35. The standard InChI is InChI=1S/C13H17ClN2O4S/c1-8-6-7-15-12(14)11(8)16-21(18,19)10-5-3-4-9(10)13(17)20-2/h6-7,9-10,16H,3-5H2,1-2H3. The second-order valence-electron chi connectivity index (χ2n) is 5.04. The monoisotopic (exact) mass is 332 g/mol. The molecule has 1 aromatic heterocycles. The molecule has 0 bridgehead atoms. The highest BCUT2D eigenvalue weighted by Gasteiger charge is 2.42. The number of hydrogen-bond donors (Lipinski definition) is 1. The Labute approximate surface area is 128 Å². The molecule has 1 heterocycles. The van der Waals surface area contributed by atoms with Gasteiger partial charge in [-0.3, -0.25) is 9.52 Å². The summed E-state index contributed by atoms with van der Waals surface area (Å²) in [6, 6.07) is 1.66. The number of sulfonamides is 1. The van der Waals surface area contributed by atoms with Gasteiger partial charge in [-0.1, -0.05) is 18.0 Å². The smallest absolute Gasteiger partial charge is 0.310 e. The number of halogens is 1. The minimum absolute atomic E-state index is 0.0891. The molecule has 1 aromatic rings. The summed E-state index contributed by atoms with van der Waals surface area (Å²) in [6.45, 7) is 1.73. The van der Waals surface area contributed by atoms with E-state index in [1.807, 2.05) is 0 Å². The van der Waals surface area contributed by atoms with Crippen molar-refractivity contribution in [1.82, 2.24) is 4.98 Å². The molecule has 1 aliphatic carbocycles. The molecule has 2 rings (SSSR count). The van der Waals surface area contributed by atoms with Crippen molar-refractivity contribution in [1.29, 1.82) is 0 Å². The number of nitrogens with zero attached hydrogens (tertiary/aromatic N) is 1. The number of pyridine rings is 1. The number of nitrogens with one attached hydrogen (secondary N) is 1. The van der Waals surface area contributed by atoms with Gasteiger partial charge in [0.25, 0.3) is 0 Å². The van der Waals surface area contributed by atoms with Crippen LogP contribution in [0.1, 0.15) is 24.8 Å². The van der Waals surface area contributed by atoms with Gasteiger partial charge in [0.05, 0.1) is 24.0 Å². The summed E-state index contributed by atoms with van der Waals surface area (Å²) in [5.41, 5.74) is 0.931. The number of rotatable bonds is 4. The van der Waals surface area contributed by atoms with E-state index in [0.717, 1.165) is 0 Å². The van der Waals surface area contributed by atoms with E-state index >= 15 is 0 Å². The molecular formula is C13H17ClN2O4S. The Morgan fingerprint density at radius 2 is 2.19 bits per heavy atom. The van der Waals surface area contributed by atoms with Crippen molar-refractivity contribution < 1.29 is 17.9 Å². The molecule has 1 N–H and O–H groups in total. The van der Waals surface area contributed by atoms with Crippen molar-refractivity contribution in [2.24, 2.45) is 5.92 Å². The van der Waals surface area contributed by atoms with Crippen LogP contribution in [0.15, 0.2) is 12.3 Å². The van der Waals surface area contributed by atoms with Crippen molar-refractivity contribution in [3.8, 4) is 0 Å². The van der Waals surface area contributed by atoms with Gasteiger partial charge in [-0.25, -0.2) is 13.4 Å². The third kappa shape index (κ3) is 3.29. The van der Waals surface area contributed by atoms with E-state index in [9.17, 15) is 13.2 Å². The van der Waals surface area contributed by atoms with Crippen molar-refractivity contribution in [3.63, 3.8) is 0 Å². The van der Waals surface area contributed by atoms with Gasteiger partial charge in [0.1, 0.15) is 0 Å². The number of aryl methyl sites for hydroxylation is 1. The normalized spacial score (nSPS) is 22.0. The number of carbonyl (C=O) groups excluding carboxylic acids is 1. The second-order valence-corrected chi connectivity index (χ2v) is 7.30. The van der Waals surface area contributed by atoms with E-state index < -0.39 is 27.2 Å². The quantitative estimate of drug-likeness (QED) is 0.674. The number of hydrogen-bond acceptors (Lipinski definition) is 5. The highest BCUT2D eigenvalue weighted by molar-refractivity contribution is 7.93. The molecule has 8 heteroatoms. The average molecular weight is 333 g/mol. The third-order valence-electron chi connectivity index (χ3n) is 3.71. The zero-order valence-electron chi connectivity index (χ0n) is 11.8. The van der Waals surface area contributed by atoms with E-state index in [-0.39, 0.29) is 10.8 Å². The van der Waals surface area contributed by atoms with Gasteiger partial charge in [0.2, 0.25) is 10.0 Å². The van der Waals surface area contributed by atoms with Gasteiger partial charge in [0.15, 0.2) is 5.15 Å². The number of ether oxygens (including phenoxy) is 1. The molecule has 0 radical (unpaired) electrons. The summed E-state index contributed by atoms with van der Waals surface area (Å²) < 4.78 is 32.2. The molecule has 0 aromatic carbocycles. The molecule has 1 fully saturated rings. The lowest BCUT2D eigenvalue weighted by Gasteiger charge is -2.20. The zero-order chi connectivity index (χ0) is 15.6. The van der Waals surface area contributed by atoms with Crippen LogP contribution < -0.4 is 4.72 Å². The van der Waals surface area contributed by atoms with Crippen LogP contribution in [0, 0.1) is 12.8 Å². The fourth-order valence-corrected chi connectivity index (χ4v) is 4.74. The van der Waals surface area contributed by atoms with Crippen molar-refractivity contribution >= 4 is 33.3 Å². The Bertz CT molecular complexity index is 627. The Morgan fingerprint density at radius 3 is 2.81 bits per heavy atom. The third-order valence-corrected chi connectivity index (χ3v) is 5.85. The number of aromatic nitrogens is 1. The fraction of sp³-hybridized carbons (Fsp3) is 0.538. The number of anilines is 1. The highest BCUT2D eigenvalue weighted by atomic mass is 35.5. The van der Waals surface area contributed by atoms with E-state index in [4.69, 9.17) is 11.6 Å². The van der Waals surface area contributed by atoms with E-state index in [0.29, 0.717) is 24.8 Å². The first-order valence-corrected chi connectivity index (χ1v) is 8.50. The fourth-order valence-electron chi connectivity index (χ4n) is 2.58. The lowest BCUT2D eigenvalue weighted by molar-refractivity contribution is -0.145. The Morgan fingerprint density at radius 1 is 1.48 bits per heavy atom. The molecular weight excluding hydrogens is 316 g/mol. The van der Waals surface area contributed by atoms with Gasteiger partial charge in [-0.15, -0.1) is 0 Å². The van der Waals surface area contributed by atoms with Crippen molar-refractivity contribution in [2.45, 2.75) is 31.4 Å². The maximum Gasteiger partial charge on any atom is 0.310 e. The van der Waals surface area contributed by atoms with Crippen LogP contribution >= 0.6 is 11.6 Å². The molecule has 1 aliphatic rings. The molecule has 0 spiro atoms. The first-order valence-electron chi connectivity index (χ1n) is 6.57. The molecule has 2 unspecified atom stereocenters. The number of carbonyl (C=O) groups is 1. The minimum Gasteiger partial charge on any atom is -0.469 e. The van der Waals surface area contributed by atoms with Crippen LogP contribution in [0.5, 0.6) is 0 Å². The van der Waals surface area contributed by atoms with Crippen LogP contribution in [0.25, 0.3) is 0 Å². The minimum atomic E-state index is -3.74. The van der Waals surface area contributed by atoms with Crippen LogP contribution in [0.4, 0.5) is 5.69 Å². The Kier molecular flexibility index (Phi) is 4.73. The van der Waals surface area contributed by atoms with Crippen LogP contribution in [-0.2, 0) is 19.6 Å². The van der Waals surface area contributed by atoms with E-state index in [1.54, 1.807) is 13.0 Å². The highest BCUT2D eigenvalue weighted by Crippen LogP contribution is 2.34. The Hall–Kier alpha value is -1.34. The second kappa shape index (κ2) is 6.19. The number of esters is 1. The first-order chi connectivity index (χ1) is 9.86. The Balaban J connectivity index is 2.28. The molecule has 0 amide bonds. The topological polar surface area (TPSA) is 85.4 Å². The van der Waals surface area contributed by atoms with Crippen LogP contribution in [-0.4, -0.2) is 31.7 Å². The van der Waals surface area contributed by atoms with E-state index in [2.05, 4.69) is 14.4 Å². The lowest BCUT2D eigenvalue weighted by atomic mass is 10.1. The molecule has 0 aliphatic heterocycles. The van der Waals surface area contributed by atoms with Gasteiger partial charge < -0.3 is 4.74 Å². The molecule has 116 valence electrons. The zero-order valence-corrected chi connectivity index (χ0v) is 13.4. The predicted octanol–water partition coefficient (Wildman–Crippen LogP) is 2.13. The van der Waals surface area contributed by atoms with Crippen LogP contribution in [0.2, 0.25) is 5.15 Å². The van der Waals surface area contributed by atoms with E-state index in [1.165, 1.54) is 13.3 Å². The maximum absolute atomic E-state index is 12.5. The summed E-state index contributed by atoms with van der Waals surface area (Å²) in [5.74, 6) is -1.12. The van der Waals surface area contributed by atoms with Gasteiger partial charge in [-0.2, -0.15) is 0 Å². The average Bonchev–Trinajstić information content (AvgIpc) is 2.92. The van der Waals surface area contributed by atoms with Gasteiger partial charge in [0, 0.05) is 6.20 Å². The molecule has 0 saturated heterocycles. The van der Waals surface area contributed by atoms with Crippen LogP contribution in [0.3, 0.4) is 0 Å². The summed E-state index contributed by atoms with van der Waals surface area (Å²) in [5, 5.41) is -0.716. The molecule has 1 saturated carbocycles. The van der Waals surface area contributed by atoms with Gasteiger partial charge >= 0.3 is 5.97 Å². The maximum atomic E-state index is 12.5. The molecule has 21 heavy (non-hydrogen) atoms. The SMILES string of the molecule is COC(=O)C1CCCC1S(=O)(=O)Nc1c(C)ccnc1Cl.